The molecule has 0 aliphatic carbocycles. The van der Waals surface area contributed by atoms with E-state index >= 15 is 0 Å². The van der Waals surface area contributed by atoms with Crippen LogP contribution < -0.4 is 5.32 Å². The van der Waals surface area contributed by atoms with Crippen LogP contribution in [0.15, 0.2) is 22.7 Å². The normalized spacial score (nSPS) is 10.8. The number of nitrogens with one attached hydrogen (secondary N) is 1. The van der Waals surface area contributed by atoms with Crippen LogP contribution in [0, 0.1) is 0 Å². The summed E-state index contributed by atoms with van der Waals surface area (Å²) in [5.41, 5.74) is 1.04. The van der Waals surface area contributed by atoms with E-state index in [0.717, 1.165) is 39.6 Å². The summed E-state index contributed by atoms with van der Waals surface area (Å²) in [5.74, 6) is 0. The van der Waals surface area contributed by atoms with Crippen LogP contribution >= 0.6 is 38.9 Å². The monoisotopic (exact) mass is 345 g/mol. The zero-order valence-corrected chi connectivity index (χ0v) is 13.1. The highest BCUT2D eigenvalue weighted by Gasteiger charge is 2.08. The Morgan fingerprint density at radius 1 is 1.39 bits per heavy atom. The number of aromatic nitrogens is 2. The maximum Gasteiger partial charge on any atom is 0.147 e. The van der Waals surface area contributed by atoms with Crippen LogP contribution in [0.1, 0.15) is 11.9 Å². The summed E-state index contributed by atoms with van der Waals surface area (Å²) in [7, 11) is 0. The minimum atomic E-state index is 0.704. The predicted molar refractivity (Wildman–Crippen MR) is 80.3 cm³/mol. The molecule has 6 heteroatoms. The van der Waals surface area contributed by atoms with Gasteiger partial charge in [0.05, 0.1) is 5.02 Å². The largest absolute Gasteiger partial charge is 0.317 e. The Balaban J connectivity index is 2.11. The second-order valence-electron chi connectivity index (χ2n) is 3.73. The number of likely N-dealkylation sites (N-methyl/N-ethyl adjacent to an activating group) is 1. The summed E-state index contributed by atoms with van der Waals surface area (Å²) < 4.78 is 0.881. The summed E-state index contributed by atoms with van der Waals surface area (Å²) in [5, 5.41) is 14.4. The molecule has 1 N–H and O–H groups in total. The average molecular weight is 347 g/mol. The molecule has 1 aromatic carbocycles. The Labute approximate surface area is 124 Å². The highest BCUT2D eigenvalue weighted by molar-refractivity contribution is 9.10. The topological polar surface area (TPSA) is 37.8 Å². The van der Waals surface area contributed by atoms with E-state index in [9.17, 15) is 0 Å². The van der Waals surface area contributed by atoms with Crippen molar-refractivity contribution in [3.8, 4) is 10.6 Å². The molecule has 0 aliphatic heterocycles. The predicted octanol–water partition coefficient (Wildman–Crippen LogP) is 3.77. The van der Waals surface area contributed by atoms with Gasteiger partial charge in [0, 0.05) is 23.0 Å². The van der Waals surface area contributed by atoms with Crippen molar-refractivity contribution in [2.75, 3.05) is 13.1 Å². The molecule has 0 radical (unpaired) electrons. The minimum Gasteiger partial charge on any atom is -0.317 e. The van der Waals surface area contributed by atoms with Gasteiger partial charge in [-0.3, -0.25) is 0 Å². The van der Waals surface area contributed by atoms with Crippen LogP contribution in [0.25, 0.3) is 10.6 Å². The summed E-state index contributed by atoms with van der Waals surface area (Å²) >= 11 is 11.0. The number of benzene rings is 1. The van der Waals surface area contributed by atoms with Crippen LogP contribution in [0.4, 0.5) is 0 Å². The molecule has 18 heavy (non-hydrogen) atoms. The molecule has 1 heterocycles. The zero-order chi connectivity index (χ0) is 13.0. The van der Waals surface area contributed by atoms with E-state index in [1.54, 1.807) is 11.3 Å². The maximum absolute atomic E-state index is 5.97. The molecule has 2 rings (SSSR count). The van der Waals surface area contributed by atoms with Gasteiger partial charge < -0.3 is 5.32 Å². The molecule has 0 atom stereocenters. The van der Waals surface area contributed by atoms with E-state index in [1.165, 1.54) is 0 Å². The number of halogens is 2. The molecule has 0 saturated carbocycles. The Kier molecular flexibility index (Phi) is 5.12. The van der Waals surface area contributed by atoms with Crippen molar-refractivity contribution in [2.45, 2.75) is 13.3 Å². The van der Waals surface area contributed by atoms with Crippen molar-refractivity contribution in [2.24, 2.45) is 0 Å². The van der Waals surface area contributed by atoms with Gasteiger partial charge in [0.2, 0.25) is 0 Å². The standard InChI is InChI=1S/C12H13BrClN3S/c1-2-15-6-5-11-16-17-12(18-11)8-3-4-10(14)9(13)7-8/h3-4,7,15H,2,5-6H2,1H3. The van der Waals surface area contributed by atoms with Gasteiger partial charge in [-0.15, -0.1) is 10.2 Å². The first-order valence-corrected chi connectivity index (χ1v) is 7.68. The molecule has 0 bridgehead atoms. The van der Waals surface area contributed by atoms with Crippen LogP contribution in [0.3, 0.4) is 0 Å². The fraction of sp³-hybridized carbons (Fsp3) is 0.333. The van der Waals surface area contributed by atoms with Gasteiger partial charge in [-0.05, 0) is 34.6 Å². The molecule has 3 nitrogen and oxygen atoms in total. The van der Waals surface area contributed by atoms with E-state index in [1.807, 2.05) is 18.2 Å². The van der Waals surface area contributed by atoms with Crippen molar-refractivity contribution in [3.63, 3.8) is 0 Å². The number of nitrogens with zero attached hydrogens (tertiary/aromatic N) is 2. The molecule has 0 amide bonds. The van der Waals surface area contributed by atoms with E-state index in [-0.39, 0.29) is 0 Å². The lowest BCUT2D eigenvalue weighted by molar-refractivity contribution is 0.710. The maximum atomic E-state index is 5.97. The fourth-order valence-corrected chi connectivity index (χ4v) is 2.80. The highest BCUT2D eigenvalue weighted by Crippen LogP contribution is 2.30. The van der Waals surface area contributed by atoms with Crippen molar-refractivity contribution in [1.82, 2.24) is 15.5 Å². The van der Waals surface area contributed by atoms with Gasteiger partial charge in [0.1, 0.15) is 10.0 Å². The third-order valence-electron chi connectivity index (χ3n) is 2.40. The van der Waals surface area contributed by atoms with Gasteiger partial charge in [-0.25, -0.2) is 0 Å². The third-order valence-corrected chi connectivity index (χ3v) is 4.65. The van der Waals surface area contributed by atoms with Gasteiger partial charge in [-0.2, -0.15) is 0 Å². The zero-order valence-electron chi connectivity index (χ0n) is 9.91. The van der Waals surface area contributed by atoms with Crippen LogP contribution in [0.5, 0.6) is 0 Å². The molecule has 0 unspecified atom stereocenters. The Bertz CT molecular complexity index is 530. The lowest BCUT2D eigenvalue weighted by atomic mass is 10.2. The lowest BCUT2D eigenvalue weighted by Crippen LogP contribution is -2.15. The molecule has 0 aliphatic rings. The molecule has 0 saturated heterocycles. The smallest absolute Gasteiger partial charge is 0.147 e. The van der Waals surface area contributed by atoms with E-state index in [0.29, 0.717) is 5.02 Å². The summed E-state index contributed by atoms with van der Waals surface area (Å²) in [4.78, 5) is 0. The van der Waals surface area contributed by atoms with Crippen molar-refractivity contribution in [1.29, 1.82) is 0 Å². The van der Waals surface area contributed by atoms with Crippen LogP contribution in [-0.4, -0.2) is 23.3 Å². The third kappa shape index (κ3) is 3.51. The summed E-state index contributed by atoms with van der Waals surface area (Å²) in [6.07, 6.45) is 0.917. The van der Waals surface area contributed by atoms with Gasteiger partial charge in [-0.1, -0.05) is 35.9 Å². The lowest BCUT2D eigenvalue weighted by Gasteiger charge is -1.98. The van der Waals surface area contributed by atoms with Crippen LogP contribution in [-0.2, 0) is 6.42 Å². The van der Waals surface area contributed by atoms with Crippen molar-refractivity contribution >= 4 is 38.9 Å². The first kappa shape index (κ1) is 13.9. The van der Waals surface area contributed by atoms with E-state index in [2.05, 4.69) is 38.4 Å². The molecule has 2 aromatic rings. The highest BCUT2D eigenvalue weighted by atomic mass is 79.9. The molecule has 0 fully saturated rings. The number of hydrogen-bond donors (Lipinski definition) is 1. The van der Waals surface area contributed by atoms with Gasteiger partial charge in [0.25, 0.3) is 0 Å². The van der Waals surface area contributed by atoms with Gasteiger partial charge in [0.15, 0.2) is 0 Å². The van der Waals surface area contributed by atoms with Crippen molar-refractivity contribution in [3.05, 3.63) is 32.7 Å². The average Bonchev–Trinajstić information content (AvgIpc) is 2.82. The molecular formula is C12H13BrClN3S. The Morgan fingerprint density at radius 2 is 2.22 bits per heavy atom. The van der Waals surface area contributed by atoms with E-state index in [4.69, 9.17) is 11.6 Å². The SMILES string of the molecule is CCNCCc1nnc(-c2ccc(Cl)c(Br)c2)s1. The second-order valence-corrected chi connectivity index (χ2v) is 6.06. The second kappa shape index (κ2) is 6.61. The first-order valence-electron chi connectivity index (χ1n) is 5.69. The van der Waals surface area contributed by atoms with E-state index < -0.39 is 0 Å². The first-order chi connectivity index (χ1) is 8.70. The Hall–Kier alpha value is -0.490. The molecule has 96 valence electrons. The number of hydrogen-bond acceptors (Lipinski definition) is 4. The molecule has 0 spiro atoms. The summed E-state index contributed by atoms with van der Waals surface area (Å²) in [6.45, 7) is 4.02. The van der Waals surface area contributed by atoms with Crippen LogP contribution in [0.2, 0.25) is 5.02 Å². The quantitative estimate of drug-likeness (QED) is 0.837. The molecular weight excluding hydrogens is 334 g/mol. The minimum absolute atomic E-state index is 0.704. The molecule has 1 aromatic heterocycles. The van der Waals surface area contributed by atoms with Gasteiger partial charge >= 0.3 is 0 Å². The number of rotatable bonds is 5. The van der Waals surface area contributed by atoms with Crippen molar-refractivity contribution < 1.29 is 0 Å². The fourth-order valence-electron chi connectivity index (χ4n) is 1.47. The Morgan fingerprint density at radius 3 is 2.94 bits per heavy atom. The summed E-state index contributed by atoms with van der Waals surface area (Å²) in [6, 6.07) is 5.79.